The molecule has 0 radical (unpaired) electrons. The lowest BCUT2D eigenvalue weighted by molar-refractivity contribution is 0.301. The third kappa shape index (κ3) is 8.65. The summed E-state index contributed by atoms with van der Waals surface area (Å²) >= 11 is 0. The molecule has 0 unspecified atom stereocenters. The molecule has 26 heavy (non-hydrogen) atoms. The molecule has 0 bridgehead atoms. The number of nitrogens with two attached hydrogens (primary N) is 2. The molecular formula is C22H32N2O2. The van der Waals surface area contributed by atoms with E-state index in [0.29, 0.717) is 0 Å². The SMILES string of the molecule is Nc1cccc(OCCCCCCCCCCOc2cccc(N)c2)c1. The van der Waals surface area contributed by atoms with Crippen LogP contribution in [0.2, 0.25) is 0 Å². The second kappa shape index (κ2) is 12.1. The zero-order chi connectivity index (χ0) is 18.5. The monoisotopic (exact) mass is 356 g/mol. The van der Waals surface area contributed by atoms with Gasteiger partial charge in [-0.2, -0.15) is 0 Å². The Morgan fingerprint density at radius 3 is 1.31 bits per heavy atom. The molecule has 0 amide bonds. The summed E-state index contributed by atoms with van der Waals surface area (Å²) in [6.07, 6.45) is 9.80. The number of anilines is 2. The van der Waals surface area contributed by atoms with Crippen LogP contribution in [-0.4, -0.2) is 13.2 Å². The topological polar surface area (TPSA) is 70.5 Å². The standard InChI is InChI=1S/C22H32N2O2/c23-19-11-9-13-21(17-19)25-15-7-5-3-1-2-4-6-8-16-26-22-14-10-12-20(24)18-22/h9-14,17-18H,1-8,15-16,23-24H2. The first-order chi connectivity index (χ1) is 12.7. The fraction of sp³-hybridized carbons (Fsp3) is 0.455. The van der Waals surface area contributed by atoms with Gasteiger partial charge in [-0.1, -0.05) is 50.7 Å². The van der Waals surface area contributed by atoms with Crippen LogP contribution in [0, 0.1) is 0 Å². The number of ether oxygens (including phenoxy) is 2. The third-order valence-corrected chi connectivity index (χ3v) is 4.29. The highest BCUT2D eigenvalue weighted by molar-refractivity contribution is 5.44. The van der Waals surface area contributed by atoms with Gasteiger partial charge >= 0.3 is 0 Å². The quantitative estimate of drug-likeness (QED) is 0.371. The average molecular weight is 357 g/mol. The van der Waals surface area contributed by atoms with Crippen molar-refractivity contribution in [3.63, 3.8) is 0 Å². The molecule has 2 aromatic rings. The van der Waals surface area contributed by atoms with E-state index < -0.39 is 0 Å². The van der Waals surface area contributed by atoms with Gasteiger partial charge in [0.15, 0.2) is 0 Å². The molecule has 0 aromatic heterocycles. The van der Waals surface area contributed by atoms with Crippen molar-refractivity contribution < 1.29 is 9.47 Å². The lowest BCUT2D eigenvalue weighted by Gasteiger charge is -2.07. The first-order valence-electron chi connectivity index (χ1n) is 9.71. The summed E-state index contributed by atoms with van der Waals surface area (Å²) in [5.74, 6) is 1.73. The van der Waals surface area contributed by atoms with Crippen LogP contribution < -0.4 is 20.9 Å². The van der Waals surface area contributed by atoms with E-state index >= 15 is 0 Å². The van der Waals surface area contributed by atoms with Crippen molar-refractivity contribution in [2.75, 3.05) is 24.7 Å². The van der Waals surface area contributed by atoms with E-state index in [-0.39, 0.29) is 0 Å². The molecule has 2 aromatic carbocycles. The van der Waals surface area contributed by atoms with Crippen molar-refractivity contribution in [2.45, 2.75) is 51.4 Å². The molecule has 0 fully saturated rings. The third-order valence-electron chi connectivity index (χ3n) is 4.29. The Kier molecular flexibility index (Phi) is 9.26. The van der Waals surface area contributed by atoms with Crippen LogP contribution in [0.4, 0.5) is 11.4 Å². The number of unbranched alkanes of at least 4 members (excludes halogenated alkanes) is 7. The van der Waals surface area contributed by atoms with Gasteiger partial charge in [-0.25, -0.2) is 0 Å². The maximum atomic E-state index is 5.73. The van der Waals surface area contributed by atoms with Crippen LogP contribution in [0.3, 0.4) is 0 Å². The van der Waals surface area contributed by atoms with E-state index in [1.807, 2.05) is 48.5 Å². The molecule has 0 atom stereocenters. The molecule has 0 aliphatic heterocycles. The van der Waals surface area contributed by atoms with Crippen molar-refractivity contribution in [3.8, 4) is 11.5 Å². The molecule has 0 aliphatic rings. The Labute approximate surface area is 157 Å². The van der Waals surface area contributed by atoms with Gasteiger partial charge < -0.3 is 20.9 Å². The Balaban J connectivity index is 1.36. The first-order valence-corrected chi connectivity index (χ1v) is 9.71. The molecule has 0 saturated carbocycles. The average Bonchev–Trinajstić information content (AvgIpc) is 2.63. The fourth-order valence-corrected chi connectivity index (χ4v) is 2.85. The lowest BCUT2D eigenvalue weighted by Crippen LogP contribution is -1.98. The van der Waals surface area contributed by atoms with Crippen LogP contribution in [0.5, 0.6) is 11.5 Å². The summed E-state index contributed by atoms with van der Waals surface area (Å²) in [5.41, 5.74) is 13.0. The highest BCUT2D eigenvalue weighted by atomic mass is 16.5. The molecular weight excluding hydrogens is 324 g/mol. The van der Waals surface area contributed by atoms with E-state index in [9.17, 15) is 0 Å². The minimum Gasteiger partial charge on any atom is -0.494 e. The minimum atomic E-state index is 0.751. The Hall–Kier alpha value is -2.36. The molecule has 0 spiro atoms. The van der Waals surface area contributed by atoms with Crippen LogP contribution in [0.15, 0.2) is 48.5 Å². The fourth-order valence-electron chi connectivity index (χ4n) is 2.85. The van der Waals surface area contributed by atoms with Gasteiger partial charge in [-0.15, -0.1) is 0 Å². The molecule has 4 nitrogen and oxygen atoms in total. The van der Waals surface area contributed by atoms with Gasteiger partial charge in [0, 0.05) is 23.5 Å². The van der Waals surface area contributed by atoms with Crippen LogP contribution >= 0.6 is 0 Å². The molecule has 2 rings (SSSR count). The van der Waals surface area contributed by atoms with Gasteiger partial charge in [-0.3, -0.25) is 0 Å². The van der Waals surface area contributed by atoms with Crippen molar-refractivity contribution in [1.29, 1.82) is 0 Å². The van der Waals surface area contributed by atoms with Crippen molar-refractivity contribution >= 4 is 11.4 Å². The maximum absolute atomic E-state index is 5.73. The second-order valence-corrected chi connectivity index (χ2v) is 6.67. The van der Waals surface area contributed by atoms with E-state index in [1.54, 1.807) is 0 Å². The van der Waals surface area contributed by atoms with Gasteiger partial charge in [0.2, 0.25) is 0 Å². The molecule has 142 valence electrons. The predicted octanol–water partition coefficient (Wildman–Crippen LogP) is 5.43. The van der Waals surface area contributed by atoms with Gasteiger partial charge in [0.25, 0.3) is 0 Å². The Morgan fingerprint density at radius 2 is 0.923 bits per heavy atom. The summed E-state index contributed by atoms with van der Waals surface area (Å²) < 4.78 is 11.4. The smallest absolute Gasteiger partial charge is 0.121 e. The summed E-state index contributed by atoms with van der Waals surface area (Å²) in [4.78, 5) is 0. The Morgan fingerprint density at radius 1 is 0.538 bits per heavy atom. The first kappa shape index (κ1) is 20.0. The Bertz CT molecular complexity index is 576. The summed E-state index contributed by atoms with van der Waals surface area (Å²) in [6, 6.07) is 15.2. The number of nitrogen functional groups attached to an aromatic ring is 2. The molecule has 0 saturated heterocycles. The summed E-state index contributed by atoms with van der Waals surface area (Å²) in [5, 5.41) is 0. The molecule has 0 aliphatic carbocycles. The summed E-state index contributed by atoms with van der Waals surface area (Å²) in [6.45, 7) is 1.54. The number of hydrogen-bond acceptors (Lipinski definition) is 4. The van der Waals surface area contributed by atoms with E-state index in [2.05, 4.69) is 0 Å². The molecule has 0 heterocycles. The van der Waals surface area contributed by atoms with Crippen LogP contribution in [0.1, 0.15) is 51.4 Å². The number of benzene rings is 2. The number of rotatable bonds is 13. The largest absolute Gasteiger partial charge is 0.494 e. The van der Waals surface area contributed by atoms with Crippen LogP contribution in [0.25, 0.3) is 0 Å². The van der Waals surface area contributed by atoms with Crippen molar-refractivity contribution in [2.24, 2.45) is 0 Å². The highest BCUT2D eigenvalue weighted by Crippen LogP contribution is 2.16. The minimum absolute atomic E-state index is 0.751. The van der Waals surface area contributed by atoms with E-state index in [1.165, 1.54) is 38.5 Å². The molecule has 4 N–H and O–H groups in total. The maximum Gasteiger partial charge on any atom is 0.121 e. The lowest BCUT2D eigenvalue weighted by atomic mass is 10.1. The van der Waals surface area contributed by atoms with Crippen molar-refractivity contribution in [1.82, 2.24) is 0 Å². The predicted molar refractivity (Wildman–Crippen MR) is 110 cm³/mol. The zero-order valence-corrected chi connectivity index (χ0v) is 15.7. The van der Waals surface area contributed by atoms with E-state index in [0.717, 1.165) is 48.9 Å². The number of hydrogen-bond donors (Lipinski definition) is 2. The highest BCUT2D eigenvalue weighted by Gasteiger charge is 1.97. The second-order valence-electron chi connectivity index (χ2n) is 6.67. The van der Waals surface area contributed by atoms with Crippen LogP contribution in [-0.2, 0) is 0 Å². The van der Waals surface area contributed by atoms with Crippen molar-refractivity contribution in [3.05, 3.63) is 48.5 Å². The van der Waals surface area contributed by atoms with Gasteiger partial charge in [0.05, 0.1) is 13.2 Å². The molecule has 4 heteroatoms. The normalized spacial score (nSPS) is 10.6. The van der Waals surface area contributed by atoms with Gasteiger partial charge in [-0.05, 0) is 37.1 Å². The zero-order valence-electron chi connectivity index (χ0n) is 15.7. The van der Waals surface area contributed by atoms with E-state index in [4.69, 9.17) is 20.9 Å². The summed E-state index contributed by atoms with van der Waals surface area (Å²) in [7, 11) is 0. The van der Waals surface area contributed by atoms with Gasteiger partial charge in [0.1, 0.15) is 11.5 Å².